The highest BCUT2D eigenvalue weighted by Crippen LogP contribution is 2.23. The van der Waals surface area contributed by atoms with E-state index in [4.69, 9.17) is 0 Å². The van der Waals surface area contributed by atoms with Gasteiger partial charge < -0.3 is 4.90 Å². The van der Waals surface area contributed by atoms with Crippen molar-refractivity contribution in [2.45, 2.75) is 33.2 Å². The van der Waals surface area contributed by atoms with Gasteiger partial charge in [-0.2, -0.15) is 5.26 Å². The number of fused-ring (bicyclic) bond motifs is 1. The predicted molar refractivity (Wildman–Crippen MR) is 83.4 cm³/mol. The number of carbonyl (C=O) groups is 1. The second-order valence-electron chi connectivity index (χ2n) is 5.43. The molecule has 0 saturated heterocycles. The van der Waals surface area contributed by atoms with Crippen LogP contribution in [0, 0.1) is 25.2 Å². The number of amides is 1. The number of hydrogen-bond acceptors (Lipinski definition) is 5. The highest BCUT2D eigenvalue weighted by molar-refractivity contribution is 7.09. The van der Waals surface area contributed by atoms with Crippen molar-refractivity contribution in [3.8, 4) is 6.07 Å². The summed E-state index contributed by atoms with van der Waals surface area (Å²) in [7, 11) is 0. The molecule has 22 heavy (non-hydrogen) atoms. The number of carbonyl (C=O) groups excluding carboxylic acids is 1. The Kier molecular flexibility index (Phi) is 3.90. The molecule has 6 heteroatoms. The molecule has 0 bridgehead atoms. The molecule has 3 heterocycles. The zero-order valence-corrected chi connectivity index (χ0v) is 13.4. The lowest BCUT2D eigenvalue weighted by molar-refractivity contribution is -0.131. The lowest BCUT2D eigenvalue weighted by Gasteiger charge is -2.29. The minimum absolute atomic E-state index is 0.0787. The number of pyridine rings is 1. The van der Waals surface area contributed by atoms with Crippen molar-refractivity contribution in [2.24, 2.45) is 0 Å². The summed E-state index contributed by atoms with van der Waals surface area (Å²) in [5.74, 6) is 0.0787. The minimum Gasteiger partial charge on any atom is -0.338 e. The fraction of sp³-hybridized carbons (Fsp3) is 0.375. The van der Waals surface area contributed by atoms with E-state index in [1.165, 1.54) is 0 Å². The second-order valence-corrected chi connectivity index (χ2v) is 6.50. The van der Waals surface area contributed by atoms with E-state index >= 15 is 0 Å². The molecule has 112 valence electrons. The summed E-state index contributed by atoms with van der Waals surface area (Å²) in [4.78, 5) is 22.9. The van der Waals surface area contributed by atoms with Crippen LogP contribution in [0.1, 0.15) is 33.1 Å². The molecule has 0 unspecified atom stereocenters. The van der Waals surface area contributed by atoms with Crippen molar-refractivity contribution in [2.75, 3.05) is 6.54 Å². The van der Waals surface area contributed by atoms with Crippen LogP contribution in [-0.2, 0) is 24.2 Å². The van der Waals surface area contributed by atoms with Gasteiger partial charge in [-0.3, -0.25) is 9.78 Å². The molecule has 0 atom stereocenters. The lowest BCUT2D eigenvalue weighted by Crippen LogP contribution is -2.37. The number of nitrogens with zero attached hydrogens (tertiary/aromatic N) is 4. The van der Waals surface area contributed by atoms with Crippen LogP contribution in [0.15, 0.2) is 11.6 Å². The Hall–Kier alpha value is -2.26. The molecule has 1 amide bonds. The largest absolute Gasteiger partial charge is 0.338 e. The van der Waals surface area contributed by atoms with Crippen molar-refractivity contribution in [3.63, 3.8) is 0 Å². The van der Waals surface area contributed by atoms with Gasteiger partial charge in [-0.1, -0.05) is 0 Å². The number of aryl methyl sites for hydroxylation is 2. The fourth-order valence-electron chi connectivity index (χ4n) is 2.77. The highest BCUT2D eigenvalue weighted by atomic mass is 32.1. The van der Waals surface area contributed by atoms with Gasteiger partial charge in [0.2, 0.25) is 5.91 Å². The molecule has 0 spiro atoms. The summed E-state index contributed by atoms with van der Waals surface area (Å²) in [5.41, 5.74) is 4.29. The Morgan fingerprint density at radius 1 is 1.50 bits per heavy atom. The number of hydrogen-bond donors (Lipinski definition) is 0. The highest BCUT2D eigenvalue weighted by Gasteiger charge is 2.24. The lowest BCUT2D eigenvalue weighted by atomic mass is 9.95. The average Bonchev–Trinajstić information content (AvgIpc) is 2.91. The van der Waals surface area contributed by atoms with Gasteiger partial charge in [-0.05, 0) is 31.4 Å². The van der Waals surface area contributed by atoms with Gasteiger partial charge in [0.1, 0.15) is 6.07 Å². The first-order valence-corrected chi connectivity index (χ1v) is 8.02. The van der Waals surface area contributed by atoms with Crippen molar-refractivity contribution >= 4 is 17.2 Å². The van der Waals surface area contributed by atoms with Crippen LogP contribution in [0.2, 0.25) is 0 Å². The van der Waals surface area contributed by atoms with E-state index in [9.17, 15) is 10.1 Å². The van der Waals surface area contributed by atoms with E-state index in [0.29, 0.717) is 31.5 Å². The summed E-state index contributed by atoms with van der Waals surface area (Å²) in [6.45, 7) is 4.96. The Labute approximate surface area is 133 Å². The Morgan fingerprint density at radius 3 is 3.00 bits per heavy atom. The molecule has 0 aliphatic carbocycles. The first kappa shape index (κ1) is 14.7. The third-order valence-electron chi connectivity index (χ3n) is 3.92. The number of nitriles is 1. The van der Waals surface area contributed by atoms with Crippen LogP contribution in [0.5, 0.6) is 0 Å². The first-order chi connectivity index (χ1) is 10.6. The molecule has 1 aliphatic heterocycles. The summed E-state index contributed by atoms with van der Waals surface area (Å²) in [6.07, 6.45) is 2.84. The quantitative estimate of drug-likeness (QED) is 0.852. The molecule has 2 aromatic heterocycles. The van der Waals surface area contributed by atoms with Gasteiger partial charge in [-0.25, -0.2) is 4.98 Å². The summed E-state index contributed by atoms with van der Waals surface area (Å²) >= 11 is 1.56. The molecule has 0 saturated carbocycles. The zero-order valence-electron chi connectivity index (χ0n) is 12.6. The molecule has 0 aromatic carbocycles. The van der Waals surface area contributed by atoms with Crippen LogP contribution in [0.25, 0.3) is 0 Å². The second kappa shape index (κ2) is 5.85. The zero-order chi connectivity index (χ0) is 15.7. The van der Waals surface area contributed by atoms with E-state index in [1.807, 2.05) is 24.1 Å². The van der Waals surface area contributed by atoms with Crippen LogP contribution >= 0.6 is 11.3 Å². The molecule has 5 nitrogen and oxygen atoms in total. The third kappa shape index (κ3) is 2.72. The predicted octanol–water partition coefficient (Wildman–Crippen LogP) is 2.15. The van der Waals surface area contributed by atoms with Crippen molar-refractivity contribution in [1.82, 2.24) is 14.9 Å². The van der Waals surface area contributed by atoms with Gasteiger partial charge in [0.05, 0.1) is 28.4 Å². The first-order valence-electron chi connectivity index (χ1n) is 7.14. The van der Waals surface area contributed by atoms with Gasteiger partial charge in [0.25, 0.3) is 0 Å². The third-order valence-corrected chi connectivity index (χ3v) is 4.74. The van der Waals surface area contributed by atoms with Gasteiger partial charge in [0, 0.05) is 24.7 Å². The molecule has 2 aromatic rings. The molecule has 3 rings (SSSR count). The molecule has 0 N–H and O–H groups in total. The summed E-state index contributed by atoms with van der Waals surface area (Å²) in [5, 5.41) is 12.2. The maximum absolute atomic E-state index is 12.4. The smallest absolute Gasteiger partial charge is 0.228 e. The minimum atomic E-state index is 0.0787. The maximum atomic E-state index is 12.4. The van der Waals surface area contributed by atoms with Crippen molar-refractivity contribution < 1.29 is 4.79 Å². The molecular formula is C16H16N4OS. The van der Waals surface area contributed by atoms with Gasteiger partial charge in [-0.15, -0.1) is 11.3 Å². The summed E-state index contributed by atoms with van der Waals surface area (Å²) in [6, 6.07) is 2.24. The Bertz CT molecular complexity index is 775. The van der Waals surface area contributed by atoms with Crippen LogP contribution < -0.4 is 0 Å². The number of rotatable bonds is 2. The van der Waals surface area contributed by atoms with E-state index in [0.717, 1.165) is 27.5 Å². The van der Waals surface area contributed by atoms with E-state index < -0.39 is 0 Å². The molecule has 0 fully saturated rings. The summed E-state index contributed by atoms with van der Waals surface area (Å²) < 4.78 is 0. The van der Waals surface area contributed by atoms with Gasteiger partial charge in [0.15, 0.2) is 0 Å². The van der Waals surface area contributed by atoms with E-state index in [2.05, 4.69) is 16.0 Å². The van der Waals surface area contributed by atoms with E-state index in [1.54, 1.807) is 17.5 Å². The number of thiazole rings is 1. The van der Waals surface area contributed by atoms with E-state index in [-0.39, 0.29) is 5.91 Å². The molecule has 0 radical (unpaired) electrons. The SMILES string of the molecule is Cc1nc(CC(=O)N2CCc3c(cnc(C)c3C#N)C2)cs1. The van der Waals surface area contributed by atoms with Crippen LogP contribution in [0.3, 0.4) is 0 Å². The fourth-order valence-corrected chi connectivity index (χ4v) is 3.38. The van der Waals surface area contributed by atoms with Crippen molar-refractivity contribution in [1.29, 1.82) is 5.26 Å². The Balaban J connectivity index is 1.77. The average molecular weight is 312 g/mol. The number of aromatic nitrogens is 2. The van der Waals surface area contributed by atoms with Gasteiger partial charge >= 0.3 is 0 Å². The van der Waals surface area contributed by atoms with Crippen molar-refractivity contribution in [3.05, 3.63) is 44.7 Å². The maximum Gasteiger partial charge on any atom is 0.228 e. The normalized spacial score (nSPS) is 13.6. The monoisotopic (exact) mass is 312 g/mol. The van der Waals surface area contributed by atoms with Crippen LogP contribution in [-0.4, -0.2) is 27.3 Å². The molecule has 1 aliphatic rings. The Morgan fingerprint density at radius 2 is 2.32 bits per heavy atom. The molecular weight excluding hydrogens is 296 g/mol. The van der Waals surface area contributed by atoms with Crippen LogP contribution in [0.4, 0.5) is 0 Å². The topological polar surface area (TPSA) is 69.9 Å². The standard InChI is InChI=1S/C16H16N4OS/c1-10-15(6-17)14-3-4-20(8-12(14)7-18-10)16(21)5-13-9-22-11(2)19-13/h7,9H,3-5,8H2,1-2H3.